The Balaban J connectivity index is 0.000000745. The third kappa shape index (κ3) is 5.07. The standard InChI is InChI=1S/C14H21BrN2OS.C3H8/c1-14(2,3)17-7-6-16(4)19-13-9-12(18-5)10(15)8-11(13)17;1-3-2/h8-9H,6-7H2,1-5H3;3H2,1-2H3. The van der Waals surface area contributed by atoms with Crippen LogP contribution in [0.1, 0.15) is 41.0 Å². The molecule has 0 saturated carbocycles. The van der Waals surface area contributed by atoms with Gasteiger partial charge in [-0.2, -0.15) is 0 Å². The van der Waals surface area contributed by atoms with Gasteiger partial charge in [0.1, 0.15) is 5.75 Å². The molecule has 126 valence electrons. The maximum atomic E-state index is 5.41. The summed E-state index contributed by atoms with van der Waals surface area (Å²) >= 11 is 5.38. The third-order valence-corrected chi connectivity index (χ3v) is 4.86. The highest BCUT2D eigenvalue weighted by molar-refractivity contribution is 9.10. The van der Waals surface area contributed by atoms with Crippen LogP contribution in [0.3, 0.4) is 0 Å². The Bertz CT molecular complexity index is 488. The van der Waals surface area contributed by atoms with Crippen LogP contribution in [0.25, 0.3) is 0 Å². The first kappa shape index (κ1) is 19.7. The van der Waals surface area contributed by atoms with Gasteiger partial charge in [0.15, 0.2) is 0 Å². The topological polar surface area (TPSA) is 15.7 Å². The lowest BCUT2D eigenvalue weighted by atomic mass is 10.0. The number of likely N-dealkylation sites (N-methyl/N-ethyl adjacent to an activating group) is 1. The van der Waals surface area contributed by atoms with Gasteiger partial charge in [0.25, 0.3) is 0 Å². The van der Waals surface area contributed by atoms with E-state index in [1.165, 1.54) is 17.0 Å². The number of fused-ring (bicyclic) bond motifs is 1. The fourth-order valence-electron chi connectivity index (χ4n) is 2.24. The summed E-state index contributed by atoms with van der Waals surface area (Å²) < 4.78 is 8.69. The van der Waals surface area contributed by atoms with Gasteiger partial charge in [-0.15, -0.1) is 0 Å². The Kier molecular flexibility index (Phi) is 7.56. The van der Waals surface area contributed by atoms with Gasteiger partial charge in [-0.3, -0.25) is 0 Å². The van der Waals surface area contributed by atoms with Crippen molar-refractivity contribution in [3.63, 3.8) is 0 Å². The Hall–Kier alpha value is -0.390. The molecule has 0 radical (unpaired) electrons. The second kappa shape index (κ2) is 8.46. The molecule has 1 aliphatic rings. The molecular weight excluding hydrogens is 360 g/mol. The van der Waals surface area contributed by atoms with E-state index in [0.29, 0.717) is 0 Å². The summed E-state index contributed by atoms with van der Waals surface area (Å²) in [5.41, 5.74) is 1.38. The van der Waals surface area contributed by atoms with Gasteiger partial charge < -0.3 is 9.64 Å². The highest BCUT2D eigenvalue weighted by Crippen LogP contribution is 2.42. The van der Waals surface area contributed by atoms with E-state index in [1.807, 2.05) is 0 Å². The van der Waals surface area contributed by atoms with Crippen molar-refractivity contribution in [2.75, 3.05) is 32.1 Å². The summed E-state index contributed by atoms with van der Waals surface area (Å²) in [6.45, 7) is 13.1. The largest absolute Gasteiger partial charge is 0.496 e. The molecule has 5 heteroatoms. The number of anilines is 1. The molecule has 22 heavy (non-hydrogen) atoms. The molecule has 0 amide bonds. The second-order valence-corrected chi connectivity index (χ2v) is 8.53. The molecule has 0 atom stereocenters. The lowest BCUT2D eigenvalue weighted by Crippen LogP contribution is -2.43. The van der Waals surface area contributed by atoms with Crippen molar-refractivity contribution >= 4 is 33.6 Å². The Morgan fingerprint density at radius 3 is 2.32 bits per heavy atom. The molecule has 0 bridgehead atoms. The van der Waals surface area contributed by atoms with Crippen molar-refractivity contribution in [2.45, 2.75) is 51.5 Å². The van der Waals surface area contributed by atoms with E-state index in [2.05, 4.69) is 78.9 Å². The van der Waals surface area contributed by atoms with Crippen molar-refractivity contribution in [2.24, 2.45) is 0 Å². The lowest BCUT2D eigenvalue weighted by molar-refractivity contribution is 0.410. The van der Waals surface area contributed by atoms with Crippen molar-refractivity contribution in [1.82, 2.24) is 4.31 Å². The quantitative estimate of drug-likeness (QED) is 0.595. The summed E-state index contributed by atoms with van der Waals surface area (Å²) in [6.07, 6.45) is 1.25. The molecule has 1 aromatic carbocycles. The molecule has 0 saturated heterocycles. The minimum atomic E-state index is 0.106. The molecule has 0 N–H and O–H groups in total. The first-order valence-corrected chi connectivity index (χ1v) is 9.35. The van der Waals surface area contributed by atoms with Gasteiger partial charge in [0, 0.05) is 18.6 Å². The smallest absolute Gasteiger partial charge is 0.134 e. The Morgan fingerprint density at radius 1 is 1.23 bits per heavy atom. The number of hydrogen-bond donors (Lipinski definition) is 0. The summed E-state index contributed by atoms with van der Waals surface area (Å²) in [5.74, 6) is 0.885. The highest BCUT2D eigenvalue weighted by atomic mass is 79.9. The molecule has 0 aliphatic carbocycles. The minimum absolute atomic E-state index is 0.106. The van der Waals surface area contributed by atoms with Crippen LogP contribution in [0.15, 0.2) is 21.5 Å². The van der Waals surface area contributed by atoms with E-state index in [-0.39, 0.29) is 5.54 Å². The van der Waals surface area contributed by atoms with Crippen molar-refractivity contribution in [3.8, 4) is 5.75 Å². The molecule has 2 rings (SSSR count). The zero-order valence-corrected chi connectivity index (χ0v) is 17.3. The molecule has 1 aromatic rings. The number of halogens is 1. The van der Waals surface area contributed by atoms with Crippen LogP contribution in [0, 0.1) is 0 Å². The fourth-order valence-corrected chi connectivity index (χ4v) is 3.66. The van der Waals surface area contributed by atoms with Gasteiger partial charge in [-0.25, -0.2) is 4.31 Å². The summed E-state index contributed by atoms with van der Waals surface area (Å²) in [6, 6.07) is 4.29. The van der Waals surface area contributed by atoms with Crippen LogP contribution < -0.4 is 9.64 Å². The third-order valence-electron chi connectivity index (χ3n) is 3.23. The molecule has 0 spiro atoms. The summed E-state index contributed by atoms with van der Waals surface area (Å²) in [7, 11) is 3.84. The number of hydrogen-bond acceptors (Lipinski definition) is 4. The number of benzene rings is 1. The molecule has 0 unspecified atom stereocenters. The SMILES string of the molecule is CCC.COc1cc2c(cc1Br)N(C(C)(C)C)CCN(C)S2. The van der Waals surface area contributed by atoms with Crippen LogP contribution in [-0.4, -0.2) is 37.1 Å². The zero-order chi connectivity index (χ0) is 16.9. The molecule has 1 aliphatic heterocycles. The number of methoxy groups -OCH3 is 1. The van der Waals surface area contributed by atoms with Crippen molar-refractivity contribution in [3.05, 3.63) is 16.6 Å². The van der Waals surface area contributed by atoms with Crippen LogP contribution in [0.4, 0.5) is 5.69 Å². The zero-order valence-electron chi connectivity index (χ0n) is 14.9. The molecule has 1 heterocycles. The van der Waals surface area contributed by atoms with Crippen LogP contribution >= 0.6 is 27.9 Å². The van der Waals surface area contributed by atoms with E-state index < -0.39 is 0 Å². The van der Waals surface area contributed by atoms with E-state index in [9.17, 15) is 0 Å². The monoisotopic (exact) mass is 388 g/mol. The van der Waals surface area contributed by atoms with E-state index in [0.717, 1.165) is 23.3 Å². The molecule has 0 aromatic heterocycles. The maximum Gasteiger partial charge on any atom is 0.134 e. The highest BCUT2D eigenvalue weighted by Gasteiger charge is 2.28. The van der Waals surface area contributed by atoms with E-state index in [1.54, 1.807) is 19.1 Å². The van der Waals surface area contributed by atoms with Gasteiger partial charge in [-0.1, -0.05) is 20.3 Å². The number of ether oxygens (including phenoxy) is 1. The first-order valence-electron chi connectivity index (χ1n) is 7.78. The molecule has 3 nitrogen and oxygen atoms in total. The predicted octanol–water partition coefficient (Wildman–Crippen LogP) is 5.43. The number of nitrogens with zero attached hydrogens (tertiary/aromatic N) is 2. The average Bonchev–Trinajstić information content (AvgIpc) is 2.56. The lowest BCUT2D eigenvalue weighted by Gasteiger charge is -2.37. The summed E-state index contributed by atoms with van der Waals surface area (Å²) in [5, 5.41) is 0. The Labute approximate surface area is 148 Å². The number of rotatable bonds is 1. The van der Waals surface area contributed by atoms with Crippen molar-refractivity contribution in [1.29, 1.82) is 0 Å². The fraction of sp³-hybridized carbons (Fsp3) is 0.647. The molecule has 0 fully saturated rings. The van der Waals surface area contributed by atoms with E-state index >= 15 is 0 Å². The summed E-state index contributed by atoms with van der Waals surface area (Å²) in [4.78, 5) is 3.71. The van der Waals surface area contributed by atoms with E-state index in [4.69, 9.17) is 4.74 Å². The Morgan fingerprint density at radius 2 is 1.82 bits per heavy atom. The predicted molar refractivity (Wildman–Crippen MR) is 102 cm³/mol. The van der Waals surface area contributed by atoms with Gasteiger partial charge in [-0.05, 0) is 67.8 Å². The first-order chi connectivity index (χ1) is 10.2. The van der Waals surface area contributed by atoms with Crippen LogP contribution in [0.5, 0.6) is 5.75 Å². The van der Waals surface area contributed by atoms with Gasteiger partial charge >= 0.3 is 0 Å². The normalized spacial score (nSPS) is 15.5. The maximum absolute atomic E-state index is 5.41. The van der Waals surface area contributed by atoms with Gasteiger partial charge in [0.05, 0.1) is 22.2 Å². The van der Waals surface area contributed by atoms with Crippen LogP contribution in [0.2, 0.25) is 0 Å². The minimum Gasteiger partial charge on any atom is -0.496 e. The second-order valence-electron chi connectivity index (χ2n) is 6.43. The molecular formula is C17H29BrN2OS. The van der Waals surface area contributed by atoms with Crippen LogP contribution in [-0.2, 0) is 0 Å². The average molecular weight is 389 g/mol. The van der Waals surface area contributed by atoms with Gasteiger partial charge in [0.2, 0.25) is 0 Å². The van der Waals surface area contributed by atoms with Crippen molar-refractivity contribution < 1.29 is 4.74 Å².